The summed E-state index contributed by atoms with van der Waals surface area (Å²) in [5.74, 6) is 0.955. The molecule has 0 spiro atoms. The summed E-state index contributed by atoms with van der Waals surface area (Å²) in [7, 11) is 3.53. The van der Waals surface area contributed by atoms with Crippen molar-refractivity contribution in [1.29, 1.82) is 0 Å². The quantitative estimate of drug-likeness (QED) is 0.857. The van der Waals surface area contributed by atoms with Gasteiger partial charge >= 0.3 is 0 Å². The Morgan fingerprint density at radius 2 is 2.14 bits per heavy atom. The number of fused-ring (bicyclic) bond motifs is 1. The van der Waals surface area contributed by atoms with Crippen molar-refractivity contribution in [3.63, 3.8) is 0 Å². The zero-order valence-electron chi connectivity index (χ0n) is 13.3. The largest absolute Gasteiger partial charge is 0.343 e. The van der Waals surface area contributed by atoms with Gasteiger partial charge in [-0.1, -0.05) is 6.07 Å². The van der Waals surface area contributed by atoms with E-state index in [0.29, 0.717) is 5.69 Å². The Balaban J connectivity index is 1.74. The first kappa shape index (κ1) is 14.7. The van der Waals surface area contributed by atoms with Gasteiger partial charge in [-0.15, -0.1) is 0 Å². The van der Waals surface area contributed by atoms with Crippen LogP contribution in [0.15, 0.2) is 24.4 Å². The number of carbonyl (C=O) groups excluding carboxylic acids is 1. The van der Waals surface area contributed by atoms with Crippen LogP contribution in [0.3, 0.4) is 0 Å². The van der Waals surface area contributed by atoms with Gasteiger partial charge in [0.25, 0.3) is 5.91 Å². The maximum absolute atomic E-state index is 12.1. The minimum absolute atomic E-state index is 0.00699. The summed E-state index contributed by atoms with van der Waals surface area (Å²) in [6, 6.07) is 6.09. The van der Waals surface area contributed by atoms with Crippen LogP contribution in [0.2, 0.25) is 0 Å². The predicted molar refractivity (Wildman–Crippen MR) is 83.3 cm³/mol. The maximum atomic E-state index is 12.1. The van der Waals surface area contributed by atoms with E-state index < -0.39 is 0 Å². The second-order valence-electron chi connectivity index (χ2n) is 5.89. The first-order valence-electron chi connectivity index (χ1n) is 7.45. The summed E-state index contributed by atoms with van der Waals surface area (Å²) in [6.07, 6.45) is 1.69. The van der Waals surface area contributed by atoms with Gasteiger partial charge in [0.2, 0.25) is 0 Å². The van der Waals surface area contributed by atoms with Crippen molar-refractivity contribution < 1.29 is 4.79 Å². The Morgan fingerprint density at radius 3 is 2.86 bits per heavy atom. The highest BCUT2D eigenvalue weighted by Crippen LogP contribution is 2.17. The molecule has 3 rings (SSSR count). The van der Waals surface area contributed by atoms with Gasteiger partial charge in [0, 0.05) is 39.4 Å². The molecular formula is C16H21N5O. The molecule has 1 amide bonds. The lowest BCUT2D eigenvalue weighted by Gasteiger charge is -2.28. The molecule has 0 radical (unpaired) electrons. The van der Waals surface area contributed by atoms with Gasteiger partial charge in [-0.3, -0.25) is 14.7 Å². The van der Waals surface area contributed by atoms with Gasteiger partial charge in [-0.05, 0) is 19.1 Å². The number of amides is 1. The normalized spacial score (nSPS) is 14.7. The van der Waals surface area contributed by atoms with Gasteiger partial charge in [-0.2, -0.15) is 0 Å². The Labute approximate surface area is 130 Å². The van der Waals surface area contributed by atoms with Crippen molar-refractivity contribution >= 4 is 5.91 Å². The van der Waals surface area contributed by atoms with E-state index >= 15 is 0 Å². The molecule has 1 aliphatic rings. The molecule has 116 valence electrons. The number of aryl methyl sites for hydroxylation is 1. The average Bonchev–Trinajstić information content (AvgIpc) is 2.89. The van der Waals surface area contributed by atoms with Crippen LogP contribution in [0.5, 0.6) is 0 Å². The minimum Gasteiger partial charge on any atom is -0.343 e. The molecule has 0 fully saturated rings. The zero-order chi connectivity index (χ0) is 15.7. The molecule has 1 aliphatic heterocycles. The summed E-state index contributed by atoms with van der Waals surface area (Å²) < 4.78 is 2.03. The molecule has 0 atom stereocenters. The lowest BCUT2D eigenvalue weighted by atomic mass is 10.2. The van der Waals surface area contributed by atoms with Crippen LogP contribution in [0, 0.1) is 6.92 Å². The molecule has 0 unspecified atom stereocenters. The number of pyridine rings is 1. The summed E-state index contributed by atoms with van der Waals surface area (Å²) in [5.41, 5.74) is 2.79. The van der Waals surface area contributed by atoms with Crippen LogP contribution < -0.4 is 0 Å². The molecule has 6 heteroatoms. The van der Waals surface area contributed by atoms with Gasteiger partial charge in [-0.25, -0.2) is 4.98 Å². The number of hydrogen-bond donors (Lipinski definition) is 0. The van der Waals surface area contributed by atoms with Crippen LogP contribution in [-0.2, 0) is 19.6 Å². The molecule has 0 bridgehead atoms. The Hall–Kier alpha value is -2.21. The molecule has 0 aromatic carbocycles. The van der Waals surface area contributed by atoms with Crippen LogP contribution in [-0.4, -0.2) is 50.9 Å². The number of nitrogens with zero attached hydrogens (tertiary/aromatic N) is 5. The summed E-state index contributed by atoms with van der Waals surface area (Å²) in [4.78, 5) is 25.0. The molecular weight excluding hydrogens is 278 g/mol. The SMILES string of the molecule is Cc1cccc(CN2CCn3c(C(=O)N(C)C)cnc3C2)n1. The van der Waals surface area contributed by atoms with Crippen LogP contribution >= 0.6 is 0 Å². The van der Waals surface area contributed by atoms with Crippen molar-refractivity contribution in [2.75, 3.05) is 20.6 Å². The molecule has 2 aromatic rings. The van der Waals surface area contributed by atoms with E-state index in [2.05, 4.69) is 20.9 Å². The van der Waals surface area contributed by atoms with Gasteiger partial charge in [0.05, 0.1) is 18.4 Å². The lowest BCUT2D eigenvalue weighted by Crippen LogP contribution is -2.35. The van der Waals surface area contributed by atoms with E-state index in [-0.39, 0.29) is 5.91 Å². The van der Waals surface area contributed by atoms with E-state index in [4.69, 9.17) is 0 Å². The predicted octanol–water partition coefficient (Wildman–Crippen LogP) is 1.30. The van der Waals surface area contributed by atoms with Crippen LogP contribution in [0.25, 0.3) is 0 Å². The molecule has 0 N–H and O–H groups in total. The second kappa shape index (κ2) is 5.88. The fourth-order valence-corrected chi connectivity index (χ4v) is 2.76. The highest BCUT2D eigenvalue weighted by atomic mass is 16.2. The molecule has 2 aromatic heterocycles. The molecule has 22 heavy (non-hydrogen) atoms. The monoisotopic (exact) mass is 299 g/mol. The van der Waals surface area contributed by atoms with E-state index in [1.807, 2.05) is 23.6 Å². The van der Waals surface area contributed by atoms with E-state index in [1.54, 1.807) is 25.2 Å². The number of aromatic nitrogens is 3. The Morgan fingerprint density at radius 1 is 1.32 bits per heavy atom. The smallest absolute Gasteiger partial charge is 0.271 e. The van der Waals surface area contributed by atoms with Crippen LogP contribution in [0.1, 0.15) is 27.7 Å². The Bertz CT molecular complexity index is 692. The third-order valence-corrected chi connectivity index (χ3v) is 3.90. The summed E-state index contributed by atoms with van der Waals surface area (Å²) in [5, 5.41) is 0. The molecule has 3 heterocycles. The van der Waals surface area contributed by atoms with Crippen molar-refractivity contribution in [2.45, 2.75) is 26.6 Å². The van der Waals surface area contributed by atoms with E-state index in [9.17, 15) is 4.79 Å². The lowest BCUT2D eigenvalue weighted by molar-refractivity contribution is 0.0812. The third kappa shape index (κ3) is 2.87. The number of imidazole rings is 1. The highest BCUT2D eigenvalue weighted by Gasteiger charge is 2.23. The van der Waals surface area contributed by atoms with E-state index in [1.165, 1.54) is 0 Å². The summed E-state index contributed by atoms with van der Waals surface area (Å²) >= 11 is 0. The van der Waals surface area contributed by atoms with Gasteiger partial charge in [0.15, 0.2) is 0 Å². The Kier molecular flexibility index (Phi) is 3.94. The number of carbonyl (C=O) groups is 1. The molecule has 0 aliphatic carbocycles. The zero-order valence-corrected chi connectivity index (χ0v) is 13.3. The maximum Gasteiger partial charge on any atom is 0.271 e. The van der Waals surface area contributed by atoms with E-state index in [0.717, 1.165) is 43.4 Å². The first-order chi connectivity index (χ1) is 10.5. The number of rotatable bonds is 3. The van der Waals surface area contributed by atoms with Gasteiger partial charge < -0.3 is 9.47 Å². The molecule has 0 saturated heterocycles. The van der Waals surface area contributed by atoms with Crippen molar-refractivity contribution in [3.05, 3.63) is 47.3 Å². The molecule has 6 nitrogen and oxygen atoms in total. The topological polar surface area (TPSA) is 54.3 Å². The first-order valence-corrected chi connectivity index (χ1v) is 7.45. The fraction of sp³-hybridized carbons (Fsp3) is 0.438. The van der Waals surface area contributed by atoms with Crippen LogP contribution in [0.4, 0.5) is 0 Å². The van der Waals surface area contributed by atoms with Gasteiger partial charge in [0.1, 0.15) is 11.5 Å². The fourth-order valence-electron chi connectivity index (χ4n) is 2.76. The van der Waals surface area contributed by atoms with Crippen molar-refractivity contribution in [1.82, 2.24) is 24.3 Å². The third-order valence-electron chi connectivity index (χ3n) is 3.90. The van der Waals surface area contributed by atoms with Crippen molar-refractivity contribution in [2.24, 2.45) is 0 Å². The standard InChI is InChI=1S/C16H21N5O/c1-12-5-4-6-13(18-12)10-20-7-8-21-14(16(22)19(2)3)9-17-15(21)11-20/h4-6,9H,7-8,10-11H2,1-3H3. The molecule has 0 saturated carbocycles. The number of hydrogen-bond acceptors (Lipinski definition) is 4. The minimum atomic E-state index is 0.00699. The van der Waals surface area contributed by atoms with Crippen molar-refractivity contribution in [3.8, 4) is 0 Å². The second-order valence-corrected chi connectivity index (χ2v) is 5.89. The highest BCUT2D eigenvalue weighted by molar-refractivity contribution is 5.92. The summed E-state index contributed by atoms with van der Waals surface area (Å²) in [6.45, 7) is 5.25. The average molecular weight is 299 g/mol.